The molecule has 8 heteroatoms. The first-order valence-electron chi connectivity index (χ1n) is 7.24. The summed E-state index contributed by atoms with van der Waals surface area (Å²) < 4.78 is 36.5. The third-order valence-corrected chi connectivity index (χ3v) is 5.45. The van der Waals surface area contributed by atoms with Crippen molar-refractivity contribution in [1.29, 1.82) is 0 Å². The Bertz CT molecular complexity index is 750. The van der Waals surface area contributed by atoms with Crippen molar-refractivity contribution >= 4 is 10.0 Å². The van der Waals surface area contributed by atoms with E-state index in [1.807, 2.05) is 29.8 Å². The Morgan fingerprint density at radius 1 is 1.41 bits per heavy atom. The zero-order valence-corrected chi connectivity index (χ0v) is 13.5. The van der Waals surface area contributed by atoms with Crippen LogP contribution in [-0.4, -0.2) is 46.1 Å². The van der Waals surface area contributed by atoms with Gasteiger partial charge in [-0.3, -0.25) is 0 Å². The minimum atomic E-state index is -3.63. The van der Waals surface area contributed by atoms with Crippen LogP contribution in [-0.2, 0) is 34.9 Å². The predicted molar refractivity (Wildman–Crippen MR) is 80.6 cm³/mol. The smallest absolute Gasteiger partial charge is 0.262 e. The molecule has 120 valence electrons. The maximum Gasteiger partial charge on any atom is 0.262 e. The molecular weight excluding hydrogens is 304 g/mol. The summed E-state index contributed by atoms with van der Waals surface area (Å²) in [4.78, 5) is 3.99. The fraction of sp³-hybridized carbons (Fsp3) is 0.500. The van der Waals surface area contributed by atoms with E-state index in [1.54, 1.807) is 11.6 Å². The summed E-state index contributed by atoms with van der Waals surface area (Å²) >= 11 is 0. The van der Waals surface area contributed by atoms with Gasteiger partial charge in [0.2, 0.25) is 0 Å². The number of ether oxygens (including phenoxy) is 1. The first-order valence-corrected chi connectivity index (χ1v) is 8.68. The Morgan fingerprint density at radius 2 is 2.23 bits per heavy atom. The maximum atomic E-state index is 12.8. The second-order valence-corrected chi connectivity index (χ2v) is 7.29. The number of imidazole rings is 1. The quantitative estimate of drug-likeness (QED) is 0.835. The van der Waals surface area contributed by atoms with E-state index >= 15 is 0 Å². The van der Waals surface area contributed by atoms with Gasteiger partial charge in [0, 0.05) is 44.8 Å². The van der Waals surface area contributed by atoms with E-state index < -0.39 is 10.0 Å². The molecule has 3 rings (SSSR count). The van der Waals surface area contributed by atoms with Crippen molar-refractivity contribution in [2.45, 2.75) is 31.1 Å². The molecule has 1 atom stereocenters. The molecule has 0 spiro atoms. The van der Waals surface area contributed by atoms with Crippen LogP contribution in [0.5, 0.6) is 0 Å². The van der Waals surface area contributed by atoms with Gasteiger partial charge in [-0.25, -0.2) is 13.4 Å². The topological polar surface area (TPSA) is 69.4 Å². The molecule has 0 saturated heterocycles. The van der Waals surface area contributed by atoms with Gasteiger partial charge >= 0.3 is 0 Å². The SMILES string of the molecule is CCOC1CN(S(=O)(=O)c2cn(C)cn2)Cc2cccn2C1. The van der Waals surface area contributed by atoms with Crippen LogP contribution < -0.4 is 0 Å². The van der Waals surface area contributed by atoms with Crippen LogP contribution in [0.3, 0.4) is 0 Å². The molecule has 0 fully saturated rings. The van der Waals surface area contributed by atoms with Gasteiger partial charge in [0.25, 0.3) is 10.0 Å². The monoisotopic (exact) mass is 324 g/mol. The highest BCUT2D eigenvalue weighted by Crippen LogP contribution is 2.21. The lowest BCUT2D eigenvalue weighted by atomic mass is 10.3. The Morgan fingerprint density at radius 3 is 2.91 bits per heavy atom. The number of sulfonamides is 1. The summed E-state index contributed by atoms with van der Waals surface area (Å²) in [6.45, 7) is 3.78. The summed E-state index contributed by atoms with van der Waals surface area (Å²) in [6, 6.07) is 3.87. The van der Waals surface area contributed by atoms with Crippen LogP contribution >= 0.6 is 0 Å². The van der Waals surface area contributed by atoms with Gasteiger partial charge in [-0.1, -0.05) is 0 Å². The van der Waals surface area contributed by atoms with E-state index in [4.69, 9.17) is 4.74 Å². The van der Waals surface area contributed by atoms with Gasteiger partial charge in [0.1, 0.15) is 0 Å². The third kappa shape index (κ3) is 2.81. The highest BCUT2D eigenvalue weighted by Gasteiger charge is 2.32. The molecule has 0 N–H and O–H groups in total. The zero-order valence-electron chi connectivity index (χ0n) is 12.7. The van der Waals surface area contributed by atoms with E-state index in [0.717, 1.165) is 5.69 Å². The predicted octanol–water partition coefficient (Wildman–Crippen LogP) is 0.831. The van der Waals surface area contributed by atoms with Crippen LogP contribution in [0, 0.1) is 0 Å². The van der Waals surface area contributed by atoms with Crippen molar-refractivity contribution in [3.05, 3.63) is 36.5 Å². The summed E-state index contributed by atoms with van der Waals surface area (Å²) in [6.07, 6.45) is 4.80. The van der Waals surface area contributed by atoms with Crippen molar-refractivity contribution in [2.24, 2.45) is 7.05 Å². The molecule has 2 aromatic heterocycles. The molecule has 0 aromatic carbocycles. The zero-order chi connectivity index (χ0) is 15.7. The summed E-state index contributed by atoms with van der Waals surface area (Å²) in [5.41, 5.74) is 0.960. The second kappa shape index (κ2) is 5.86. The molecule has 0 bridgehead atoms. The van der Waals surface area contributed by atoms with Gasteiger partial charge in [-0.15, -0.1) is 0 Å². The normalized spacial score (nSPS) is 19.8. The van der Waals surface area contributed by atoms with Crippen molar-refractivity contribution in [2.75, 3.05) is 13.2 Å². The molecule has 1 aliphatic heterocycles. The second-order valence-electron chi connectivity index (χ2n) is 5.40. The number of hydrogen-bond donors (Lipinski definition) is 0. The van der Waals surface area contributed by atoms with Gasteiger partial charge < -0.3 is 13.9 Å². The van der Waals surface area contributed by atoms with Crippen molar-refractivity contribution in [1.82, 2.24) is 18.4 Å². The molecule has 0 aliphatic carbocycles. The molecular formula is C14H20N4O3S. The molecule has 2 aromatic rings. The summed E-state index contributed by atoms with van der Waals surface area (Å²) in [5.74, 6) is 0. The lowest BCUT2D eigenvalue weighted by Crippen LogP contribution is -2.37. The number of rotatable bonds is 4. The largest absolute Gasteiger partial charge is 0.375 e. The number of aromatic nitrogens is 3. The Hall–Kier alpha value is -1.64. The number of nitrogens with zero attached hydrogens (tertiary/aromatic N) is 4. The Balaban J connectivity index is 1.95. The van der Waals surface area contributed by atoms with E-state index in [9.17, 15) is 8.42 Å². The third-order valence-electron chi connectivity index (χ3n) is 3.76. The molecule has 0 radical (unpaired) electrons. The fourth-order valence-electron chi connectivity index (χ4n) is 2.70. The lowest BCUT2D eigenvalue weighted by molar-refractivity contribution is 0.0424. The van der Waals surface area contributed by atoms with Crippen LogP contribution in [0.1, 0.15) is 12.6 Å². The van der Waals surface area contributed by atoms with E-state index in [0.29, 0.717) is 26.2 Å². The lowest BCUT2D eigenvalue weighted by Gasteiger charge is -2.22. The average molecular weight is 324 g/mol. The van der Waals surface area contributed by atoms with Crippen molar-refractivity contribution in [3.8, 4) is 0 Å². The summed E-state index contributed by atoms with van der Waals surface area (Å²) in [5, 5.41) is 0.0743. The molecule has 1 unspecified atom stereocenters. The van der Waals surface area contributed by atoms with Gasteiger partial charge in [-0.05, 0) is 19.1 Å². The summed E-state index contributed by atoms with van der Waals surface area (Å²) in [7, 11) is -1.88. The van der Waals surface area contributed by atoms with E-state index in [-0.39, 0.29) is 11.1 Å². The Kier molecular flexibility index (Phi) is 4.07. The Labute approximate surface area is 130 Å². The molecule has 1 aliphatic rings. The first kappa shape index (κ1) is 15.3. The molecule has 3 heterocycles. The van der Waals surface area contributed by atoms with Crippen LogP contribution in [0.4, 0.5) is 0 Å². The van der Waals surface area contributed by atoms with Crippen LogP contribution in [0.25, 0.3) is 0 Å². The van der Waals surface area contributed by atoms with E-state index in [2.05, 4.69) is 4.98 Å². The van der Waals surface area contributed by atoms with Crippen LogP contribution in [0.2, 0.25) is 0 Å². The number of aryl methyl sites for hydroxylation is 1. The molecule has 0 saturated carbocycles. The van der Waals surface area contributed by atoms with E-state index in [1.165, 1.54) is 16.8 Å². The minimum absolute atomic E-state index is 0.0743. The van der Waals surface area contributed by atoms with Gasteiger partial charge in [-0.2, -0.15) is 4.31 Å². The van der Waals surface area contributed by atoms with Crippen molar-refractivity contribution < 1.29 is 13.2 Å². The highest BCUT2D eigenvalue weighted by atomic mass is 32.2. The maximum absolute atomic E-state index is 12.8. The fourth-order valence-corrected chi connectivity index (χ4v) is 4.11. The minimum Gasteiger partial charge on any atom is -0.375 e. The van der Waals surface area contributed by atoms with Gasteiger partial charge in [0.15, 0.2) is 5.03 Å². The van der Waals surface area contributed by atoms with Crippen molar-refractivity contribution in [3.63, 3.8) is 0 Å². The highest BCUT2D eigenvalue weighted by molar-refractivity contribution is 7.89. The number of hydrogen-bond acceptors (Lipinski definition) is 4. The molecule has 22 heavy (non-hydrogen) atoms. The average Bonchev–Trinajstić information content (AvgIpc) is 3.05. The molecule has 7 nitrogen and oxygen atoms in total. The van der Waals surface area contributed by atoms with Crippen LogP contribution in [0.15, 0.2) is 35.9 Å². The standard InChI is InChI=1S/C14H20N4O3S/c1-3-21-13-8-17-6-4-5-12(17)7-18(9-13)22(19,20)14-10-16(2)11-15-14/h4-6,10-11,13H,3,7-9H2,1-2H3. The number of fused-ring (bicyclic) bond motifs is 1. The first-order chi connectivity index (χ1) is 10.5. The molecule has 0 amide bonds. The van der Waals surface area contributed by atoms with Gasteiger partial charge in [0.05, 0.1) is 19.0 Å².